The number of carbonyl (C=O) groups is 1. The fraction of sp³-hybridized carbons (Fsp3) is 0.308. The highest BCUT2D eigenvalue weighted by molar-refractivity contribution is 5.94. The molecule has 0 unspecified atom stereocenters. The Balaban J connectivity index is 1.78. The SMILES string of the molecule is CCc1ccccc1NC(=O)[C@@H](CC)n1nc(C)c2c(C)n(-c3ccc(C)cc3)nc2c1=O. The molecule has 0 fully saturated rings. The Bertz CT molecular complexity index is 1380. The molecule has 0 aliphatic carbocycles. The van der Waals surface area contributed by atoms with Crippen LogP contribution >= 0.6 is 0 Å². The van der Waals surface area contributed by atoms with Gasteiger partial charge in [0.2, 0.25) is 5.91 Å². The third kappa shape index (κ3) is 4.06. The van der Waals surface area contributed by atoms with Crippen LogP contribution in [0.1, 0.15) is 48.8 Å². The minimum absolute atomic E-state index is 0.263. The molecule has 1 amide bonds. The fourth-order valence-electron chi connectivity index (χ4n) is 4.24. The number of aromatic nitrogens is 4. The van der Waals surface area contributed by atoms with E-state index in [4.69, 9.17) is 0 Å². The van der Waals surface area contributed by atoms with E-state index in [1.807, 2.05) is 83.1 Å². The van der Waals surface area contributed by atoms with Crippen LogP contribution in [0.4, 0.5) is 5.69 Å². The third-order valence-electron chi connectivity index (χ3n) is 6.07. The second kappa shape index (κ2) is 9.02. The summed E-state index contributed by atoms with van der Waals surface area (Å²) < 4.78 is 3.05. The lowest BCUT2D eigenvalue weighted by atomic mass is 10.1. The Morgan fingerprint density at radius 3 is 2.36 bits per heavy atom. The highest BCUT2D eigenvalue weighted by Gasteiger charge is 2.25. The van der Waals surface area contributed by atoms with E-state index in [2.05, 4.69) is 15.5 Å². The molecule has 7 nitrogen and oxygen atoms in total. The molecule has 0 saturated carbocycles. The lowest BCUT2D eigenvalue weighted by Gasteiger charge is -2.18. The van der Waals surface area contributed by atoms with Crippen molar-refractivity contribution in [3.63, 3.8) is 0 Å². The van der Waals surface area contributed by atoms with E-state index in [1.165, 1.54) is 4.68 Å². The summed E-state index contributed by atoms with van der Waals surface area (Å²) in [5.74, 6) is -0.263. The number of carbonyl (C=O) groups excluding carboxylic acids is 1. The quantitative estimate of drug-likeness (QED) is 0.470. The molecule has 2 aromatic carbocycles. The van der Waals surface area contributed by atoms with Crippen molar-refractivity contribution in [3.05, 3.63) is 81.4 Å². The predicted octanol–water partition coefficient (Wildman–Crippen LogP) is 4.66. The summed E-state index contributed by atoms with van der Waals surface area (Å²) in [6.07, 6.45) is 1.22. The van der Waals surface area contributed by atoms with Gasteiger partial charge < -0.3 is 5.32 Å². The fourth-order valence-corrected chi connectivity index (χ4v) is 4.24. The van der Waals surface area contributed by atoms with Crippen LogP contribution in [0.25, 0.3) is 16.6 Å². The topological polar surface area (TPSA) is 81.8 Å². The molecular weight excluding hydrogens is 414 g/mol. The summed E-state index contributed by atoms with van der Waals surface area (Å²) in [5.41, 5.74) is 5.29. The van der Waals surface area contributed by atoms with Gasteiger partial charge in [0.1, 0.15) is 6.04 Å². The van der Waals surface area contributed by atoms with Crippen molar-refractivity contribution in [1.82, 2.24) is 19.6 Å². The maximum Gasteiger partial charge on any atom is 0.295 e. The Morgan fingerprint density at radius 2 is 1.70 bits per heavy atom. The second-order valence-corrected chi connectivity index (χ2v) is 8.32. The number of fused-ring (bicyclic) bond motifs is 1. The monoisotopic (exact) mass is 443 g/mol. The van der Waals surface area contributed by atoms with Crippen LogP contribution in [0.15, 0.2) is 53.3 Å². The average Bonchev–Trinajstić information content (AvgIpc) is 3.16. The van der Waals surface area contributed by atoms with Gasteiger partial charge in [0, 0.05) is 5.69 Å². The molecule has 0 bridgehead atoms. The third-order valence-corrected chi connectivity index (χ3v) is 6.07. The predicted molar refractivity (Wildman–Crippen MR) is 131 cm³/mol. The first-order valence-electron chi connectivity index (χ1n) is 11.3. The number of nitrogens with one attached hydrogen (secondary N) is 1. The molecule has 33 heavy (non-hydrogen) atoms. The summed E-state index contributed by atoms with van der Waals surface area (Å²) >= 11 is 0. The average molecular weight is 444 g/mol. The van der Waals surface area contributed by atoms with Crippen molar-refractivity contribution in [1.29, 1.82) is 0 Å². The van der Waals surface area contributed by atoms with Gasteiger partial charge in [-0.1, -0.05) is 49.7 Å². The molecule has 1 N–H and O–H groups in total. The van der Waals surface area contributed by atoms with E-state index in [0.717, 1.165) is 40.0 Å². The summed E-state index contributed by atoms with van der Waals surface area (Å²) in [4.78, 5) is 26.7. The van der Waals surface area contributed by atoms with E-state index in [-0.39, 0.29) is 11.5 Å². The standard InChI is InChI=1S/C26H29N5O2/c1-6-19-10-8-9-11-21(19)27-25(32)22(7-2)31-26(33)24-23(17(4)28-31)18(5)30(29-24)20-14-12-16(3)13-15-20/h8-15,22H,6-7H2,1-5H3,(H,27,32)/t22-/m1/s1. The molecule has 0 saturated heterocycles. The van der Waals surface area contributed by atoms with Crippen molar-refractivity contribution in [2.45, 2.75) is 53.5 Å². The van der Waals surface area contributed by atoms with Gasteiger partial charge in [-0.2, -0.15) is 10.2 Å². The van der Waals surface area contributed by atoms with Gasteiger partial charge in [-0.3, -0.25) is 9.59 Å². The number of hydrogen-bond acceptors (Lipinski definition) is 4. The van der Waals surface area contributed by atoms with Crippen molar-refractivity contribution < 1.29 is 4.79 Å². The molecule has 0 spiro atoms. The van der Waals surface area contributed by atoms with Crippen LogP contribution in [0, 0.1) is 20.8 Å². The molecule has 2 aromatic heterocycles. The van der Waals surface area contributed by atoms with E-state index >= 15 is 0 Å². The van der Waals surface area contributed by atoms with Crippen molar-refractivity contribution >= 4 is 22.5 Å². The highest BCUT2D eigenvalue weighted by Crippen LogP contribution is 2.23. The second-order valence-electron chi connectivity index (χ2n) is 8.32. The van der Waals surface area contributed by atoms with Crippen LogP contribution in [-0.4, -0.2) is 25.5 Å². The summed E-state index contributed by atoms with van der Waals surface area (Å²) in [5, 5.41) is 12.9. The Labute approximate surface area is 193 Å². The van der Waals surface area contributed by atoms with E-state index in [1.54, 1.807) is 4.68 Å². The zero-order chi connectivity index (χ0) is 23.7. The Kier molecular flexibility index (Phi) is 6.14. The molecule has 0 radical (unpaired) electrons. The molecule has 4 rings (SSSR count). The largest absolute Gasteiger partial charge is 0.324 e. The van der Waals surface area contributed by atoms with E-state index in [0.29, 0.717) is 17.6 Å². The first-order valence-corrected chi connectivity index (χ1v) is 11.3. The van der Waals surface area contributed by atoms with Gasteiger partial charge in [-0.25, -0.2) is 9.36 Å². The van der Waals surface area contributed by atoms with Gasteiger partial charge in [0.25, 0.3) is 5.56 Å². The lowest BCUT2D eigenvalue weighted by Crippen LogP contribution is -2.35. The van der Waals surface area contributed by atoms with Gasteiger partial charge >= 0.3 is 0 Å². The smallest absolute Gasteiger partial charge is 0.295 e. The molecule has 4 aromatic rings. The Hall–Kier alpha value is -3.74. The zero-order valence-electron chi connectivity index (χ0n) is 19.7. The number of rotatable bonds is 6. The van der Waals surface area contributed by atoms with Crippen LogP contribution in [-0.2, 0) is 11.2 Å². The van der Waals surface area contributed by atoms with Gasteiger partial charge in [0.15, 0.2) is 5.52 Å². The minimum Gasteiger partial charge on any atom is -0.324 e. The van der Waals surface area contributed by atoms with Crippen LogP contribution in [0.5, 0.6) is 0 Å². The minimum atomic E-state index is -0.740. The molecule has 2 heterocycles. The van der Waals surface area contributed by atoms with Gasteiger partial charge in [-0.15, -0.1) is 0 Å². The number of amides is 1. The molecule has 7 heteroatoms. The van der Waals surface area contributed by atoms with Crippen LogP contribution in [0.3, 0.4) is 0 Å². The summed E-state index contributed by atoms with van der Waals surface area (Å²) in [6, 6.07) is 14.9. The number of hydrogen-bond donors (Lipinski definition) is 1. The van der Waals surface area contributed by atoms with Gasteiger partial charge in [-0.05, 0) is 57.4 Å². The lowest BCUT2D eigenvalue weighted by molar-refractivity contribution is -0.119. The molecular formula is C26H29N5O2. The van der Waals surface area contributed by atoms with Crippen molar-refractivity contribution in [2.75, 3.05) is 5.32 Å². The molecule has 0 aliphatic heterocycles. The number of para-hydroxylation sites is 1. The Morgan fingerprint density at radius 1 is 1.00 bits per heavy atom. The summed E-state index contributed by atoms with van der Waals surface area (Å²) in [6.45, 7) is 9.72. The maximum absolute atomic E-state index is 13.5. The number of nitrogens with zero attached hydrogens (tertiary/aromatic N) is 4. The first kappa shape index (κ1) is 22.5. The number of anilines is 1. The first-order chi connectivity index (χ1) is 15.8. The zero-order valence-corrected chi connectivity index (χ0v) is 19.7. The van der Waals surface area contributed by atoms with Crippen LogP contribution < -0.4 is 10.9 Å². The molecule has 1 atom stereocenters. The summed E-state index contributed by atoms with van der Waals surface area (Å²) in [7, 11) is 0. The number of aryl methyl sites for hydroxylation is 4. The van der Waals surface area contributed by atoms with E-state index < -0.39 is 6.04 Å². The van der Waals surface area contributed by atoms with Crippen molar-refractivity contribution in [2.24, 2.45) is 0 Å². The maximum atomic E-state index is 13.5. The number of benzene rings is 2. The normalized spacial score (nSPS) is 12.2. The van der Waals surface area contributed by atoms with Gasteiger partial charge in [0.05, 0.1) is 22.5 Å². The van der Waals surface area contributed by atoms with Crippen LogP contribution in [0.2, 0.25) is 0 Å². The van der Waals surface area contributed by atoms with Crippen molar-refractivity contribution in [3.8, 4) is 5.69 Å². The molecule has 0 aliphatic rings. The molecule has 170 valence electrons. The van der Waals surface area contributed by atoms with E-state index in [9.17, 15) is 9.59 Å². The highest BCUT2D eigenvalue weighted by atomic mass is 16.2.